The van der Waals surface area contributed by atoms with Gasteiger partial charge in [-0.05, 0) is 13.3 Å². The molecule has 3 heteroatoms. The number of unbranched alkanes of at least 4 members (excludes halogenated alkanes) is 2. The highest BCUT2D eigenvalue weighted by atomic mass is 14.8. The SMILES string of the molecule is CCCCCC(N)c1cnc(C)cn1. The smallest absolute Gasteiger partial charge is 0.0754 e. The number of hydrogen-bond donors (Lipinski definition) is 1. The highest BCUT2D eigenvalue weighted by molar-refractivity contribution is 5.04. The maximum Gasteiger partial charge on any atom is 0.0754 e. The number of hydrogen-bond acceptors (Lipinski definition) is 3. The average Bonchev–Trinajstić information content (AvgIpc) is 2.19. The molecule has 14 heavy (non-hydrogen) atoms. The molecule has 3 nitrogen and oxygen atoms in total. The summed E-state index contributed by atoms with van der Waals surface area (Å²) in [5, 5.41) is 0. The lowest BCUT2D eigenvalue weighted by Crippen LogP contribution is -2.12. The van der Waals surface area contributed by atoms with Gasteiger partial charge in [-0.15, -0.1) is 0 Å². The van der Waals surface area contributed by atoms with Crippen molar-refractivity contribution in [3.63, 3.8) is 0 Å². The second kappa shape index (κ2) is 5.70. The van der Waals surface area contributed by atoms with Crippen LogP contribution in [0.3, 0.4) is 0 Å². The van der Waals surface area contributed by atoms with Gasteiger partial charge < -0.3 is 5.73 Å². The van der Waals surface area contributed by atoms with E-state index in [0.29, 0.717) is 0 Å². The van der Waals surface area contributed by atoms with Crippen LogP contribution in [0.15, 0.2) is 12.4 Å². The van der Waals surface area contributed by atoms with Crippen LogP contribution in [0.4, 0.5) is 0 Å². The fourth-order valence-corrected chi connectivity index (χ4v) is 1.36. The minimum Gasteiger partial charge on any atom is -0.323 e. The van der Waals surface area contributed by atoms with E-state index in [1.54, 1.807) is 12.4 Å². The molecule has 1 rings (SSSR count). The fraction of sp³-hybridized carbons (Fsp3) is 0.636. The number of aryl methyl sites for hydroxylation is 1. The number of aromatic nitrogens is 2. The van der Waals surface area contributed by atoms with Crippen molar-refractivity contribution in [1.29, 1.82) is 0 Å². The quantitative estimate of drug-likeness (QED) is 0.730. The average molecular weight is 193 g/mol. The molecule has 0 aliphatic rings. The highest BCUT2D eigenvalue weighted by Crippen LogP contribution is 2.14. The Morgan fingerprint density at radius 3 is 2.64 bits per heavy atom. The van der Waals surface area contributed by atoms with Gasteiger partial charge in [0.15, 0.2) is 0 Å². The third kappa shape index (κ3) is 3.42. The van der Waals surface area contributed by atoms with E-state index in [1.807, 2.05) is 6.92 Å². The van der Waals surface area contributed by atoms with Crippen molar-refractivity contribution in [2.24, 2.45) is 5.73 Å². The third-order valence-electron chi connectivity index (χ3n) is 2.30. The van der Waals surface area contributed by atoms with Crippen LogP contribution in [-0.2, 0) is 0 Å². The maximum absolute atomic E-state index is 5.98. The van der Waals surface area contributed by atoms with Gasteiger partial charge in [-0.25, -0.2) is 0 Å². The van der Waals surface area contributed by atoms with Crippen LogP contribution in [0, 0.1) is 6.92 Å². The Hall–Kier alpha value is -0.960. The van der Waals surface area contributed by atoms with E-state index >= 15 is 0 Å². The topological polar surface area (TPSA) is 51.8 Å². The Morgan fingerprint density at radius 1 is 1.29 bits per heavy atom. The maximum atomic E-state index is 5.98. The second-order valence-corrected chi connectivity index (χ2v) is 3.68. The van der Waals surface area contributed by atoms with E-state index in [9.17, 15) is 0 Å². The van der Waals surface area contributed by atoms with E-state index in [2.05, 4.69) is 16.9 Å². The molecule has 2 N–H and O–H groups in total. The summed E-state index contributed by atoms with van der Waals surface area (Å²) in [5.74, 6) is 0. The van der Waals surface area contributed by atoms with Gasteiger partial charge in [0, 0.05) is 12.2 Å². The summed E-state index contributed by atoms with van der Waals surface area (Å²) < 4.78 is 0. The molecule has 1 unspecified atom stereocenters. The van der Waals surface area contributed by atoms with E-state index in [-0.39, 0.29) is 6.04 Å². The Bertz CT molecular complexity index is 256. The molecule has 1 atom stereocenters. The van der Waals surface area contributed by atoms with Crippen molar-refractivity contribution in [2.75, 3.05) is 0 Å². The Labute approximate surface area is 85.8 Å². The minimum atomic E-state index is 0.0506. The molecule has 0 saturated carbocycles. The zero-order valence-electron chi connectivity index (χ0n) is 9.03. The molecular weight excluding hydrogens is 174 g/mol. The standard InChI is InChI=1S/C11H19N3/c1-3-4-5-6-10(12)11-8-13-9(2)7-14-11/h7-8,10H,3-6,12H2,1-2H3. The molecule has 0 saturated heterocycles. The molecule has 0 amide bonds. The molecule has 0 aromatic carbocycles. The zero-order chi connectivity index (χ0) is 10.4. The number of rotatable bonds is 5. The summed E-state index contributed by atoms with van der Waals surface area (Å²) in [7, 11) is 0. The van der Waals surface area contributed by atoms with Crippen LogP contribution in [0.25, 0.3) is 0 Å². The van der Waals surface area contributed by atoms with E-state index in [4.69, 9.17) is 5.73 Å². The predicted molar refractivity (Wildman–Crippen MR) is 57.8 cm³/mol. The lowest BCUT2D eigenvalue weighted by molar-refractivity contribution is 0.568. The van der Waals surface area contributed by atoms with Crippen molar-refractivity contribution in [3.8, 4) is 0 Å². The summed E-state index contributed by atoms with van der Waals surface area (Å²) in [6.07, 6.45) is 8.21. The first-order valence-electron chi connectivity index (χ1n) is 5.28. The molecule has 0 fully saturated rings. The van der Waals surface area contributed by atoms with Gasteiger partial charge in [-0.2, -0.15) is 0 Å². The Morgan fingerprint density at radius 2 is 2.07 bits per heavy atom. The van der Waals surface area contributed by atoms with Gasteiger partial charge >= 0.3 is 0 Å². The molecule has 1 heterocycles. The summed E-state index contributed by atoms with van der Waals surface area (Å²) in [6, 6.07) is 0.0506. The van der Waals surface area contributed by atoms with Crippen molar-refractivity contribution >= 4 is 0 Å². The molecule has 0 aliphatic heterocycles. The monoisotopic (exact) mass is 193 g/mol. The minimum absolute atomic E-state index is 0.0506. The fourth-order valence-electron chi connectivity index (χ4n) is 1.36. The van der Waals surface area contributed by atoms with Crippen LogP contribution >= 0.6 is 0 Å². The normalized spacial score (nSPS) is 12.8. The van der Waals surface area contributed by atoms with E-state index in [0.717, 1.165) is 17.8 Å². The molecule has 1 aromatic rings. The Kier molecular flexibility index (Phi) is 4.53. The van der Waals surface area contributed by atoms with Gasteiger partial charge in [-0.1, -0.05) is 26.2 Å². The molecular formula is C11H19N3. The van der Waals surface area contributed by atoms with Crippen LogP contribution in [0.2, 0.25) is 0 Å². The van der Waals surface area contributed by atoms with Gasteiger partial charge in [0.25, 0.3) is 0 Å². The number of nitrogens with zero attached hydrogens (tertiary/aromatic N) is 2. The van der Waals surface area contributed by atoms with Crippen molar-refractivity contribution in [1.82, 2.24) is 9.97 Å². The second-order valence-electron chi connectivity index (χ2n) is 3.68. The lowest BCUT2D eigenvalue weighted by atomic mass is 10.1. The Balaban J connectivity index is 2.43. The molecule has 0 bridgehead atoms. The summed E-state index contributed by atoms with van der Waals surface area (Å²) in [5.41, 5.74) is 7.83. The van der Waals surface area contributed by atoms with Crippen molar-refractivity contribution in [2.45, 2.75) is 45.6 Å². The first-order valence-corrected chi connectivity index (χ1v) is 5.28. The van der Waals surface area contributed by atoms with Crippen LogP contribution in [-0.4, -0.2) is 9.97 Å². The zero-order valence-corrected chi connectivity index (χ0v) is 9.03. The first-order chi connectivity index (χ1) is 6.74. The third-order valence-corrected chi connectivity index (χ3v) is 2.30. The summed E-state index contributed by atoms with van der Waals surface area (Å²) in [4.78, 5) is 8.46. The highest BCUT2D eigenvalue weighted by Gasteiger charge is 2.06. The summed E-state index contributed by atoms with van der Waals surface area (Å²) in [6.45, 7) is 4.12. The van der Waals surface area contributed by atoms with E-state index in [1.165, 1.54) is 19.3 Å². The molecule has 0 aliphatic carbocycles. The molecule has 0 spiro atoms. The van der Waals surface area contributed by atoms with Crippen LogP contribution in [0.5, 0.6) is 0 Å². The van der Waals surface area contributed by atoms with E-state index < -0.39 is 0 Å². The largest absolute Gasteiger partial charge is 0.323 e. The van der Waals surface area contributed by atoms with Crippen LogP contribution in [0.1, 0.15) is 50.0 Å². The predicted octanol–water partition coefficient (Wildman–Crippen LogP) is 2.37. The lowest BCUT2D eigenvalue weighted by Gasteiger charge is -2.09. The number of nitrogens with two attached hydrogens (primary N) is 1. The van der Waals surface area contributed by atoms with Gasteiger partial charge in [0.1, 0.15) is 0 Å². The van der Waals surface area contributed by atoms with Gasteiger partial charge in [0.05, 0.1) is 17.6 Å². The van der Waals surface area contributed by atoms with Crippen LogP contribution < -0.4 is 5.73 Å². The molecule has 78 valence electrons. The molecule has 0 radical (unpaired) electrons. The van der Waals surface area contributed by atoms with Crippen molar-refractivity contribution in [3.05, 3.63) is 23.8 Å². The van der Waals surface area contributed by atoms with Gasteiger partial charge in [-0.3, -0.25) is 9.97 Å². The summed E-state index contributed by atoms with van der Waals surface area (Å²) >= 11 is 0. The molecule has 1 aromatic heterocycles. The van der Waals surface area contributed by atoms with Gasteiger partial charge in [0.2, 0.25) is 0 Å². The first kappa shape index (κ1) is 11.1. The van der Waals surface area contributed by atoms with Crippen molar-refractivity contribution < 1.29 is 0 Å².